The van der Waals surface area contributed by atoms with Crippen LogP contribution in [0.3, 0.4) is 0 Å². The second-order valence-corrected chi connectivity index (χ2v) is 8.03. The Balaban J connectivity index is 1.76. The van der Waals surface area contributed by atoms with Gasteiger partial charge in [0, 0.05) is 29.0 Å². The number of para-hydroxylation sites is 2. The summed E-state index contributed by atoms with van der Waals surface area (Å²) in [6, 6.07) is 13.7. The van der Waals surface area contributed by atoms with Gasteiger partial charge in [-0.1, -0.05) is 49.3 Å². The van der Waals surface area contributed by atoms with Crippen molar-refractivity contribution in [2.24, 2.45) is 17.2 Å². The number of likely N-dealkylation sites (N-methyl/N-ethyl adjacent to an activating group) is 1. The van der Waals surface area contributed by atoms with E-state index in [1.807, 2.05) is 49.5 Å². The van der Waals surface area contributed by atoms with Crippen LogP contribution in [0.1, 0.15) is 25.0 Å². The van der Waals surface area contributed by atoms with Gasteiger partial charge in [0.05, 0.1) is 16.8 Å². The molecule has 0 fully saturated rings. The maximum atomic E-state index is 11.0. The molecule has 0 aliphatic carbocycles. The van der Waals surface area contributed by atoms with Gasteiger partial charge in [-0.25, -0.2) is 4.99 Å². The first kappa shape index (κ1) is 20.6. The molecule has 1 aliphatic heterocycles. The normalized spacial score (nSPS) is 14.6. The summed E-state index contributed by atoms with van der Waals surface area (Å²) in [5.41, 5.74) is 4.57. The number of nitrogens with zero attached hydrogens (tertiary/aromatic N) is 4. The Morgan fingerprint density at radius 1 is 1.13 bits per heavy atom. The Morgan fingerprint density at radius 3 is 2.67 bits per heavy atom. The Bertz CT molecular complexity index is 1150. The molecule has 0 radical (unpaired) electrons. The van der Waals surface area contributed by atoms with Gasteiger partial charge in [0.1, 0.15) is 18.0 Å². The average Bonchev–Trinajstić information content (AvgIpc) is 3.23. The van der Waals surface area contributed by atoms with Crippen LogP contribution < -0.4 is 0 Å². The lowest BCUT2D eigenvalue weighted by atomic mass is 10.0. The molecule has 7 heteroatoms. The van der Waals surface area contributed by atoms with Crippen molar-refractivity contribution >= 4 is 43.9 Å². The van der Waals surface area contributed by atoms with Crippen molar-refractivity contribution in [1.82, 2.24) is 9.47 Å². The van der Waals surface area contributed by atoms with Crippen molar-refractivity contribution in [3.63, 3.8) is 0 Å². The third kappa shape index (κ3) is 3.52. The first-order valence-electron chi connectivity index (χ1n) is 10.1. The molecule has 0 unspecified atom stereocenters. The van der Waals surface area contributed by atoms with Gasteiger partial charge in [-0.15, -0.1) is 0 Å². The molecule has 6 nitrogen and oxygen atoms in total. The van der Waals surface area contributed by atoms with Crippen molar-refractivity contribution in [2.45, 2.75) is 13.8 Å². The lowest BCUT2D eigenvalue weighted by Crippen LogP contribution is -2.26. The molecular formula is C23H25BrN4O2. The predicted octanol–water partition coefficient (Wildman–Crippen LogP) is 4.84. The van der Waals surface area contributed by atoms with Gasteiger partial charge in [0.15, 0.2) is 0 Å². The van der Waals surface area contributed by atoms with Gasteiger partial charge in [0.2, 0.25) is 5.88 Å². The number of hydrogen-bond donors (Lipinski definition) is 1. The molecule has 3 aromatic rings. The van der Waals surface area contributed by atoms with Crippen molar-refractivity contribution < 1.29 is 9.94 Å². The molecule has 0 atom stereocenters. The molecule has 4 rings (SSSR count). The summed E-state index contributed by atoms with van der Waals surface area (Å²) in [6.07, 6.45) is 0. The van der Waals surface area contributed by atoms with E-state index in [9.17, 15) is 5.11 Å². The van der Waals surface area contributed by atoms with Crippen molar-refractivity contribution in [2.75, 3.05) is 26.2 Å². The molecule has 1 aromatic heterocycles. The van der Waals surface area contributed by atoms with Crippen LogP contribution in [0.5, 0.6) is 5.88 Å². The molecule has 0 bridgehead atoms. The van der Waals surface area contributed by atoms with E-state index in [0.717, 1.165) is 46.3 Å². The summed E-state index contributed by atoms with van der Waals surface area (Å²) in [5, 5.41) is 16.3. The number of halogens is 1. The highest BCUT2D eigenvalue weighted by Gasteiger charge is 2.30. The molecule has 30 heavy (non-hydrogen) atoms. The first-order valence-corrected chi connectivity index (χ1v) is 10.9. The number of aryl methyl sites for hydroxylation is 1. The lowest BCUT2D eigenvalue weighted by molar-refractivity contribution is 0.115. The maximum Gasteiger partial charge on any atom is 0.201 e. The van der Waals surface area contributed by atoms with Gasteiger partial charge >= 0.3 is 0 Å². The number of benzene rings is 2. The quantitative estimate of drug-likeness (QED) is 0.398. The van der Waals surface area contributed by atoms with Crippen molar-refractivity contribution in [3.05, 3.63) is 58.1 Å². The van der Waals surface area contributed by atoms with E-state index in [1.165, 1.54) is 0 Å². The molecule has 0 amide bonds. The summed E-state index contributed by atoms with van der Waals surface area (Å²) in [6.45, 7) is 7.52. The molecule has 0 spiro atoms. The number of fused-ring (bicyclic) bond motifs is 2. The maximum absolute atomic E-state index is 11.0. The molecule has 1 N–H and O–H groups in total. The molecule has 0 saturated carbocycles. The highest BCUT2D eigenvalue weighted by atomic mass is 79.9. The largest absolute Gasteiger partial charge is 0.494 e. The molecular weight excluding hydrogens is 444 g/mol. The third-order valence-electron chi connectivity index (χ3n) is 5.53. The summed E-state index contributed by atoms with van der Waals surface area (Å²) in [5.74, 6) is 0.152. The molecule has 2 aromatic carbocycles. The van der Waals surface area contributed by atoms with E-state index in [2.05, 4.69) is 39.8 Å². The van der Waals surface area contributed by atoms with E-state index in [1.54, 1.807) is 4.57 Å². The first-order chi connectivity index (χ1) is 14.6. The van der Waals surface area contributed by atoms with Gasteiger partial charge in [-0.2, -0.15) is 0 Å². The van der Waals surface area contributed by atoms with E-state index < -0.39 is 0 Å². The van der Waals surface area contributed by atoms with Crippen LogP contribution >= 0.6 is 15.9 Å². The van der Waals surface area contributed by atoms with Crippen LogP contribution in [0.25, 0.3) is 10.9 Å². The van der Waals surface area contributed by atoms with Crippen molar-refractivity contribution in [3.8, 4) is 5.88 Å². The zero-order chi connectivity index (χ0) is 21.3. The zero-order valence-electron chi connectivity index (χ0n) is 17.4. The molecule has 156 valence electrons. The van der Waals surface area contributed by atoms with Crippen LogP contribution in [0.2, 0.25) is 0 Å². The number of hydrogen-bond acceptors (Lipinski definition) is 5. The summed E-state index contributed by atoms with van der Waals surface area (Å²) in [4.78, 5) is 12.8. The predicted molar refractivity (Wildman–Crippen MR) is 125 cm³/mol. The minimum absolute atomic E-state index is 0.152. The fraction of sp³-hybridized carbons (Fsp3) is 0.304. The highest BCUT2D eigenvalue weighted by molar-refractivity contribution is 9.10. The van der Waals surface area contributed by atoms with Gasteiger partial charge in [-0.05, 0) is 41.2 Å². The number of aromatic hydroxyl groups is 1. The van der Waals surface area contributed by atoms with Gasteiger partial charge < -0.3 is 19.4 Å². The van der Waals surface area contributed by atoms with Gasteiger partial charge in [-0.3, -0.25) is 0 Å². The Morgan fingerprint density at radius 2 is 1.90 bits per heavy atom. The number of rotatable bonds is 7. The smallest absolute Gasteiger partial charge is 0.201 e. The van der Waals surface area contributed by atoms with E-state index >= 15 is 0 Å². The second-order valence-electron chi connectivity index (χ2n) is 7.17. The van der Waals surface area contributed by atoms with Crippen molar-refractivity contribution in [1.29, 1.82) is 0 Å². The summed E-state index contributed by atoms with van der Waals surface area (Å²) >= 11 is 3.59. The second kappa shape index (κ2) is 8.62. The van der Waals surface area contributed by atoms with E-state index in [0.29, 0.717) is 23.6 Å². The van der Waals surface area contributed by atoms with Crippen LogP contribution in [0.15, 0.2) is 57.1 Å². The minimum Gasteiger partial charge on any atom is -0.494 e. The van der Waals surface area contributed by atoms with E-state index in [-0.39, 0.29) is 5.88 Å². The lowest BCUT2D eigenvalue weighted by Gasteiger charge is -2.16. The molecule has 1 aliphatic rings. The summed E-state index contributed by atoms with van der Waals surface area (Å²) < 4.78 is 2.67. The topological polar surface area (TPSA) is 62.4 Å². The van der Waals surface area contributed by atoms with Crippen LogP contribution in [-0.2, 0) is 11.9 Å². The number of aliphatic imine (C=N–C) groups is 1. The highest BCUT2D eigenvalue weighted by Crippen LogP contribution is 2.39. The third-order valence-corrected chi connectivity index (χ3v) is 6.17. The monoisotopic (exact) mass is 468 g/mol. The zero-order valence-corrected chi connectivity index (χ0v) is 19.0. The fourth-order valence-corrected chi connectivity index (χ4v) is 4.48. The van der Waals surface area contributed by atoms with Crippen LogP contribution in [0.4, 0.5) is 5.69 Å². The molecule has 0 saturated heterocycles. The number of aromatic nitrogens is 1. The fourth-order valence-electron chi connectivity index (χ4n) is 3.84. The van der Waals surface area contributed by atoms with E-state index in [4.69, 9.17) is 9.83 Å². The number of oxime groups is 1. The van der Waals surface area contributed by atoms with Crippen LogP contribution in [-0.4, -0.2) is 52.2 Å². The Hall–Kier alpha value is -2.64. The SMILES string of the molecule is CCN(CC)CCO/N=C1/C(c2c(O)n(C)c3c(Br)cccc23)=Nc2ccccc21. The average molecular weight is 469 g/mol. The Kier molecular flexibility index (Phi) is 5.92. The minimum atomic E-state index is 0.152. The standard InChI is InChI=1S/C23H25BrN4O2/c1-4-28(5-2)13-14-30-26-20-15-9-6-7-12-18(15)25-21(20)19-16-10-8-11-17(24)22(16)27(3)23(19)29/h6-12,29H,4-5,13-14H2,1-3H3/b26-20+. The van der Waals surface area contributed by atoms with Gasteiger partial charge in [0.25, 0.3) is 0 Å². The van der Waals surface area contributed by atoms with Crippen LogP contribution in [0, 0.1) is 0 Å². The Labute approximate surface area is 184 Å². The summed E-state index contributed by atoms with van der Waals surface area (Å²) in [7, 11) is 1.84. The molecule has 2 heterocycles.